The van der Waals surface area contributed by atoms with Crippen molar-refractivity contribution >= 4 is 5.91 Å². The third kappa shape index (κ3) is 4.29. The van der Waals surface area contributed by atoms with Crippen LogP contribution < -0.4 is 4.74 Å². The summed E-state index contributed by atoms with van der Waals surface area (Å²) in [6.45, 7) is 5.42. The summed E-state index contributed by atoms with van der Waals surface area (Å²) >= 11 is 0. The van der Waals surface area contributed by atoms with Crippen LogP contribution in [0.25, 0.3) is 0 Å². The first-order chi connectivity index (χ1) is 16.0. The molecule has 6 rings (SSSR count). The standard InChI is InChI=1S/C27H37FN2O3/c28-27(11-12-27)25(31)30-18-26(19-30)10-5-21(17-26)29-13-6-20(7-14-29)23-3-1-2-4-24(23)33-22-8-15-32-16-9-22/h1-4,20-22H,5-19H2/t21-/m1/s1. The predicted molar refractivity (Wildman–Crippen MR) is 124 cm³/mol. The molecule has 2 aliphatic carbocycles. The van der Waals surface area contributed by atoms with Gasteiger partial charge in [0.1, 0.15) is 11.9 Å². The minimum Gasteiger partial charge on any atom is -0.490 e. The maximum absolute atomic E-state index is 14.1. The van der Waals surface area contributed by atoms with E-state index in [9.17, 15) is 9.18 Å². The van der Waals surface area contributed by atoms with E-state index in [1.807, 2.05) is 0 Å². The van der Waals surface area contributed by atoms with Gasteiger partial charge in [0.05, 0.1) is 13.2 Å². The first-order valence-electron chi connectivity index (χ1n) is 13.1. The average molecular weight is 457 g/mol. The van der Waals surface area contributed by atoms with Crippen LogP contribution in [-0.2, 0) is 9.53 Å². The van der Waals surface area contributed by atoms with E-state index < -0.39 is 5.67 Å². The van der Waals surface area contributed by atoms with Crippen molar-refractivity contribution in [2.45, 2.75) is 81.5 Å². The van der Waals surface area contributed by atoms with Crippen LogP contribution in [0.15, 0.2) is 24.3 Å². The minimum absolute atomic E-state index is 0.237. The highest BCUT2D eigenvalue weighted by molar-refractivity contribution is 5.88. The highest BCUT2D eigenvalue weighted by Gasteiger charge is 2.58. The molecule has 0 aromatic heterocycles. The third-order valence-corrected chi connectivity index (χ3v) is 8.96. The number of hydrogen-bond donors (Lipinski definition) is 0. The van der Waals surface area contributed by atoms with Gasteiger partial charge in [0.25, 0.3) is 5.91 Å². The number of para-hydroxylation sites is 1. The van der Waals surface area contributed by atoms with E-state index in [0.29, 0.717) is 24.8 Å². The van der Waals surface area contributed by atoms with Gasteiger partial charge in [0, 0.05) is 37.4 Å². The summed E-state index contributed by atoms with van der Waals surface area (Å²) in [6, 6.07) is 9.26. The summed E-state index contributed by atoms with van der Waals surface area (Å²) in [7, 11) is 0. The molecule has 5 fully saturated rings. The van der Waals surface area contributed by atoms with Crippen molar-refractivity contribution < 1.29 is 18.7 Å². The molecule has 5 nitrogen and oxygen atoms in total. The number of benzene rings is 1. The van der Waals surface area contributed by atoms with Crippen molar-refractivity contribution in [1.29, 1.82) is 0 Å². The van der Waals surface area contributed by atoms with Gasteiger partial charge >= 0.3 is 0 Å². The average Bonchev–Trinajstić information content (AvgIpc) is 3.42. The quantitative estimate of drug-likeness (QED) is 0.662. The zero-order chi connectivity index (χ0) is 22.5. The largest absolute Gasteiger partial charge is 0.490 e. The number of piperidine rings is 1. The fourth-order valence-corrected chi connectivity index (χ4v) is 6.76. The molecule has 1 spiro atoms. The molecule has 33 heavy (non-hydrogen) atoms. The maximum Gasteiger partial charge on any atom is 0.260 e. The SMILES string of the molecule is O=C(N1CC2(CC[C@@H](N3CCC(c4ccccc4OC4CCOCC4)CC3)C2)C1)C1(F)CC1. The van der Waals surface area contributed by atoms with Gasteiger partial charge in [-0.2, -0.15) is 0 Å². The van der Waals surface area contributed by atoms with Gasteiger partial charge in [-0.25, -0.2) is 4.39 Å². The van der Waals surface area contributed by atoms with E-state index in [4.69, 9.17) is 9.47 Å². The molecule has 0 unspecified atom stereocenters. The molecule has 0 radical (unpaired) electrons. The second-order valence-electron chi connectivity index (χ2n) is 11.3. The van der Waals surface area contributed by atoms with Gasteiger partial charge < -0.3 is 19.3 Å². The second-order valence-corrected chi connectivity index (χ2v) is 11.3. The topological polar surface area (TPSA) is 42.0 Å². The molecular formula is C27H37FN2O3. The molecule has 1 amide bonds. The van der Waals surface area contributed by atoms with E-state index in [1.54, 1.807) is 4.90 Å². The fourth-order valence-electron chi connectivity index (χ4n) is 6.76. The number of rotatable bonds is 5. The smallest absolute Gasteiger partial charge is 0.260 e. The molecule has 2 saturated carbocycles. The normalized spacial score (nSPS) is 29.7. The van der Waals surface area contributed by atoms with Crippen LogP contribution in [0.5, 0.6) is 5.75 Å². The fraction of sp³-hybridized carbons (Fsp3) is 0.741. The Bertz CT molecular complexity index is 868. The van der Waals surface area contributed by atoms with Crippen molar-refractivity contribution in [2.24, 2.45) is 5.41 Å². The lowest BCUT2D eigenvalue weighted by molar-refractivity contribution is -0.150. The molecule has 0 bridgehead atoms. The van der Waals surface area contributed by atoms with Crippen LogP contribution in [0.1, 0.15) is 69.3 Å². The molecule has 3 heterocycles. The summed E-state index contributed by atoms with van der Waals surface area (Å²) in [5, 5.41) is 0. The number of ether oxygens (including phenoxy) is 2. The summed E-state index contributed by atoms with van der Waals surface area (Å²) in [4.78, 5) is 16.8. The van der Waals surface area contributed by atoms with Crippen LogP contribution >= 0.6 is 0 Å². The van der Waals surface area contributed by atoms with Gasteiger partial charge in [0.15, 0.2) is 5.67 Å². The van der Waals surface area contributed by atoms with Crippen LogP contribution in [0.3, 0.4) is 0 Å². The first kappa shape index (κ1) is 21.8. The highest BCUT2D eigenvalue weighted by atomic mass is 19.1. The Balaban J connectivity index is 1.02. The summed E-state index contributed by atoms with van der Waals surface area (Å²) in [5.41, 5.74) is 0.124. The third-order valence-electron chi connectivity index (χ3n) is 8.96. The van der Waals surface area contributed by atoms with Gasteiger partial charge in [0.2, 0.25) is 0 Å². The van der Waals surface area contributed by atoms with Crippen LogP contribution in [-0.4, -0.2) is 72.9 Å². The van der Waals surface area contributed by atoms with E-state index in [-0.39, 0.29) is 17.4 Å². The van der Waals surface area contributed by atoms with Crippen molar-refractivity contribution in [1.82, 2.24) is 9.80 Å². The minimum atomic E-state index is -1.51. The van der Waals surface area contributed by atoms with E-state index in [2.05, 4.69) is 29.2 Å². The van der Waals surface area contributed by atoms with Gasteiger partial charge in [-0.1, -0.05) is 18.2 Å². The Morgan fingerprint density at radius 2 is 1.73 bits per heavy atom. The lowest BCUT2D eigenvalue weighted by Gasteiger charge is -2.49. The molecule has 1 aromatic rings. The van der Waals surface area contributed by atoms with E-state index in [0.717, 1.165) is 58.0 Å². The summed E-state index contributed by atoms with van der Waals surface area (Å²) in [6.07, 6.45) is 9.00. The van der Waals surface area contributed by atoms with Crippen molar-refractivity contribution in [3.63, 3.8) is 0 Å². The Morgan fingerprint density at radius 3 is 2.45 bits per heavy atom. The lowest BCUT2D eigenvalue weighted by atomic mass is 9.77. The molecule has 1 aromatic carbocycles. The first-order valence-corrected chi connectivity index (χ1v) is 13.1. The monoisotopic (exact) mass is 456 g/mol. The molecule has 0 N–H and O–H groups in total. The Labute approximate surface area is 196 Å². The van der Waals surface area contributed by atoms with E-state index >= 15 is 0 Å². The maximum atomic E-state index is 14.1. The highest BCUT2D eigenvalue weighted by Crippen LogP contribution is 2.51. The Kier molecular flexibility index (Phi) is 5.65. The van der Waals surface area contributed by atoms with Gasteiger partial charge in [-0.15, -0.1) is 0 Å². The van der Waals surface area contributed by atoms with Crippen molar-refractivity contribution in [3.8, 4) is 5.75 Å². The van der Waals surface area contributed by atoms with Crippen LogP contribution in [0.2, 0.25) is 0 Å². The number of likely N-dealkylation sites (tertiary alicyclic amines) is 2. The number of carbonyl (C=O) groups is 1. The predicted octanol–water partition coefficient (Wildman–Crippen LogP) is 4.31. The number of amides is 1. The van der Waals surface area contributed by atoms with E-state index in [1.165, 1.54) is 37.7 Å². The van der Waals surface area contributed by atoms with Crippen molar-refractivity contribution in [3.05, 3.63) is 29.8 Å². The molecule has 6 heteroatoms. The number of alkyl halides is 1. The Hall–Kier alpha value is -1.66. The number of carbonyl (C=O) groups excluding carboxylic acids is 1. The second kappa shape index (κ2) is 8.53. The Morgan fingerprint density at radius 1 is 1.00 bits per heavy atom. The summed E-state index contributed by atoms with van der Waals surface area (Å²) < 4.78 is 26.0. The lowest BCUT2D eigenvalue weighted by Crippen LogP contribution is -2.60. The van der Waals surface area contributed by atoms with Gasteiger partial charge in [-0.05, 0) is 75.6 Å². The zero-order valence-electron chi connectivity index (χ0n) is 19.6. The molecule has 180 valence electrons. The molecule has 1 atom stereocenters. The van der Waals surface area contributed by atoms with Crippen LogP contribution in [0, 0.1) is 5.41 Å². The molecule has 5 aliphatic rings. The molecule has 3 saturated heterocycles. The molecular weight excluding hydrogens is 419 g/mol. The molecule has 3 aliphatic heterocycles. The van der Waals surface area contributed by atoms with Crippen molar-refractivity contribution in [2.75, 3.05) is 39.4 Å². The number of halogens is 1. The summed E-state index contributed by atoms with van der Waals surface area (Å²) in [5.74, 6) is 1.39. The van der Waals surface area contributed by atoms with Gasteiger partial charge in [-0.3, -0.25) is 4.79 Å². The number of nitrogens with zero attached hydrogens (tertiary/aromatic N) is 2. The number of hydrogen-bond acceptors (Lipinski definition) is 4. The van der Waals surface area contributed by atoms with Crippen LogP contribution in [0.4, 0.5) is 4.39 Å². The zero-order valence-corrected chi connectivity index (χ0v) is 19.6.